The summed E-state index contributed by atoms with van der Waals surface area (Å²) in [6, 6.07) is 8.67. The molecule has 0 spiro atoms. The number of aliphatic hydroxyl groups excluding tert-OH is 4. The third kappa shape index (κ3) is 7.69. The lowest BCUT2D eigenvalue weighted by Gasteiger charge is -2.25. The first-order valence-electron chi connectivity index (χ1n) is 15.9. The number of aromatic nitrogens is 6. The highest BCUT2D eigenvalue weighted by atomic mass is 31.2. The summed E-state index contributed by atoms with van der Waals surface area (Å²) in [5.74, 6) is -0.487. The number of hydrogen-bond donors (Lipinski definition) is 7. The second-order valence-corrected chi connectivity index (χ2v) is 13.7. The SMILES string of the molecule is CN(C)c1ncnc2c1ncn2[C@@H]1O[C@H](COP(=O)(O)O[C@H]2[C@@H](O)[C@H](n3ccc(N)nc3=O)O[C@@H]2CO)[C@@H](NC(=O)[C@@H]([18OH])Cc2ccccc2)[C@H]1O. The van der Waals surface area contributed by atoms with E-state index in [2.05, 4.69) is 25.3 Å². The lowest BCUT2D eigenvalue weighted by molar-refractivity contribution is -0.131. The first-order valence-corrected chi connectivity index (χ1v) is 17.4. The monoisotopic (exact) mass is 749 g/mol. The maximum Gasteiger partial charge on any atom is 0.472 e. The van der Waals surface area contributed by atoms with Crippen LogP contribution in [0.15, 0.2) is 60.0 Å². The average molecular weight is 750 g/mol. The quantitative estimate of drug-likeness (QED) is 0.0565. The Bertz CT molecular complexity index is 1980. The average Bonchev–Trinajstić information content (AvgIpc) is 3.77. The summed E-state index contributed by atoms with van der Waals surface area (Å²) in [4.78, 5) is 54.5. The van der Waals surface area contributed by atoms with Crippen molar-refractivity contribution in [2.24, 2.45) is 0 Å². The molecular weight excluding hydrogens is 711 g/mol. The molecule has 2 aliphatic rings. The summed E-state index contributed by atoms with van der Waals surface area (Å²) >= 11 is 0. The molecule has 6 rings (SSSR count). The van der Waals surface area contributed by atoms with E-state index in [1.807, 2.05) is 0 Å². The summed E-state index contributed by atoms with van der Waals surface area (Å²) in [5, 5.41) is 45.6. The fraction of sp³-hybridized carbons (Fsp3) is 0.467. The molecule has 2 saturated heterocycles. The molecule has 2 fully saturated rings. The van der Waals surface area contributed by atoms with Crippen molar-refractivity contribution in [2.45, 2.75) is 61.5 Å². The van der Waals surface area contributed by atoms with Crippen LogP contribution in [0, 0.1) is 0 Å². The van der Waals surface area contributed by atoms with E-state index in [9.17, 15) is 39.5 Å². The predicted molar refractivity (Wildman–Crippen MR) is 178 cm³/mol. The number of nitrogens with one attached hydrogen (secondary N) is 1. The molecule has 0 bridgehead atoms. The molecule has 52 heavy (non-hydrogen) atoms. The largest absolute Gasteiger partial charge is 0.472 e. The number of carbonyl (C=O) groups excluding carboxylic acids is 1. The van der Waals surface area contributed by atoms with Gasteiger partial charge in [0.1, 0.15) is 48.8 Å². The maximum absolute atomic E-state index is 13.3. The van der Waals surface area contributed by atoms with E-state index < -0.39 is 87.8 Å². The summed E-state index contributed by atoms with van der Waals surface area (Å²) in [6.07, 6.45) is -8.20. The lowest BCUT2D eigenvalue weighted by atomic mass is 10.0. The Morgan fingerprint density at radius 3 is 2.50 bits per heavy atom. The summed E-state index contributed by atoms with van der Waals surface area (Å²) in [5.41, 5.74) is 5.95. The topological polar surface area (TPSA) is 292 Å². The minimum atomic E-state index is -5.14. The molecule has 280 valence electrons. The highest BCUT2D eigenvalue weighted by Gasteiger charge is 2.51. The van der Waals surface area contributed by atoms with Crippen LogP contribution < -0.4 is 21.6 Å². The fourth-order valence-electron chi connectivity index (χ4n) is 6.03. The third-order valence-electron chi connectivity index (χ3n) is 8.57. The molecule has 3 aromatic heterocycles. The minimum absolute atomic E-state index is 0.0473. The Hall–Kier alpha value is -4.41. The van der Waals surface area contributed by atoms with Crippen LogP contribution in [-0.4, -0.2) is 130 Å². The number of fused-ring (bicyclic) bond motifs is 1. The van der Waals surface area contributed by atoms with Crippen LogP contribution in [0.4, 0.5) is 11.6 Å². The van der Waals surface area contributed by atoms with Crippen molar-refractivity contribution in [1.29, 1.82) is 0 Å². The van der Waals surface area contributed by atoms with E-state index in [0.717, 1.165) is 4.57 Å². The normalized spacial score (nSPS) is 27.8. The van der Waals surface area contributed by atoms with Gasteiger partial charge in [-0.15, -0.1) is 0 Å². The predicted octanol–water partition coefficient (Wildman–Crippen LogP) is -2.17. The third-order valence-corrected chi connectivity index (χ3v) is 9.55. The van der Waals surface area contributed by atoms with Crippen molar-refractivity contribution in [1.82, 2.24) is 34.4 Å². The molecule has 1 aromatic carbocycles. The zero-order valence-electron chi connectivity index (χ0n) is 27.8. The Morgan fingerprint density at radius 1 is 1.10 bits per heavy atom. The van der Waals surface area contributed by atoms with Crippen LogP contribution in [0.2, 0.25) is 0 Å². The number of phosphoric acid groups is 1. The summed E-state index contributed by atoms with van der Waals surface area (Å²) in [6.45, 7) is -1.56. The first kappa shape index (κ1) is 37.4. The van der Waals surface area contributed by atoms with Crippen molar-refractivity contribution in [2.75, 3.05) is 37.9 Å². The number of aliphatic hydroxyl groups is 4. The van der Waals surface area contributed by atoms with E-state index in [0.29, 0.717) is 16.9 Å². The number of carbonyl (C=O) groups is 1. The van der Waals surface area contributed by atoms with Crippen LogP contribution in [0.1, 0.15) is 18.0 Å². The van der Waals surface area contributed by atoms with Crippen LogP contribution in [-0.2, 0) is 34.3 Å². The van der Waals surface area contributed by atoms with Crippen LogP contribution in [0.25, 0.3) is 11.2 Å². The van der Waals surface area contributed by atoms with Gasteiger partial charge in [-0.25, -0.2) is 24.3 Å². The van der Waals surface area contributed by atoms with Gasteiger partial charge in [0.25, 0.3) is 0 Å². The van der Waals surface area contributed by atoms with Crippen LogP contribution in [0.5, 0.6) is 0 Å². The Balaban J connectivity index is 1.21. The van der Waals surface area contributed by atoms with E-state index >= 15 is 0 Å². The van der Waals surface area contributed by atoms with Gasteiger partial charge in [0.05, 0.1) is 25.6 Å². The highest BCUT2D eigenvalue weighted by molar-refractivity contribution is 7.47. The Morgan fingerprint density at radius 2 is 1.81 bits per heavy atom. The summed E-state index contributed by atoms with van der Waals surface area (Å²) < 4.78 is 37.7. The first-order chi connectivity index (χ1) is 24.8. The number of rotatable bonds is 13. The highest BCUT2D eigenvalue weighted by Crippen LogP contribution is 2.49. The number of hydrogen-bond acceptors (Lipinski definition) is 17. The number of amides is 1. The number of nitrogen functional groups attached to an aromatic ring is 1. The van der Waals surface area contributed by atoms with Crippen molar-refractivity contribution < 1.29 is 53.2 Å². The van der Waals surface area contributed by atoms with Gasteiger partial charge in [0.15, 0.2) is 29.4 Å². The van der Waals surface area contributed by atoms with Crippen molar-refractivity contribution in [3.05, 3.63) is 71.3 Å². The number of phosphoric ester groups is 1. The molecule has 0 aliphatic carbocycles. The van der Waals surface area contributed by atoms with Gasteiger partial charge in [-0.2, -0.15) is 4.98 Å². The van der Waals surface area contributed by atoms with Gasteiger partial charge >= 0.3 is 13.5 Å². The van der Waals surface area contributed by atoms with E-state index in [-0.39, 0.29) is 17.9 Å². The lowest BCUT2D eigenvalue weighted by Crippen LogP contribution is -2.51. The smallest absolute Gasteiger partial charge is 0.394 e. The molecular formula is C30H38N9O12P. The number of imidazole rings is 1. The number of ether oxygens (including phenoxy) is 2. The zero-order chi connectivity index (χ0) is 37.3. The molecule has 0 saturated carbocycles. The number of anilines is 2. The van der Waals surface area contributed by atoms with Gasteiger partial charge in [-0.1, -0.05) is 30.3 Å². The number of benzene rings is 1. The zero-order valence-corrected chi connectivity index (χ0v) is 28.7. The Labute approximate surface area is 294 Å². The molecule has 1 unspecified atom stereocenters. The van der Waals surface area contributed by atoms with E-state index in [4.69, 9.17) is 24.3 Å². The van der Waals surface area contributed by atoms with Gasteiger partial charge in [0, 0.05) is 26.7 Å². The number of nitrogens with two attached hydrogens (primary N) is 1. The fourth-order valence-corrected chi connectivity index (χ4v) is 7.00. The van der Waals surface area contributed by atoms with E-state index in [1.165, 1.54) is 29.5 Å². The van der Waals surface area contributed by atoms with E-state index in [1.54, 1.807) is 49.3 Å². The van der Waals surface area contributed by atoms with Gasteiger partial charge in [-0.3, -0.25) is 23.0 Å². The summed E-state index contributed by atoms with van der Waals surface area (Å²) in [7, 11) is -1.63. The Kier molecular flexibility index (Phi) is 11.0. The van der Waals surface area contributed by atoms with Gasteiger partial charge < -0.3 is 50.7 Å². The number of nitrogens with zero attached hydrogens (tertiary/aromatic N) is 7. The molecule has 1 amide bonds. The second kappa shape index (κ2) is 15.3. The van der Waals surface area contributed by atoms with Crippen molar-refractivity contribution in [3.63, 3.8) is 0 Å². The molecule has 22 heteroatoms. The molecule has 2 aliphatic heterocycles. The molecule has 4 aromatic rings. The molecule has 10 atom stereocenters. The van der Waals surface area contributed by atoms with Gasteiger partial charge in [-0.05, 0) is 11.6 Å². The molecule has 0 radical (unpaired) electrons. The maximum atomic E-state index is 13.3. The van der Waals surface area contributed by atoms with Gasteiger partial charge in [0.2, 0.25) is 5.91 Å². The van der Waals surface area contributed by atoms with Crippen LogP contribution >= 0.6 is 7.82 Å². The minimum Gasteiger partial charge on any atom is -0.394 e. The van der Waals surface area contributed by atoms with Crippen molar-refractivity contribution in [3.8, 4) is 0 Å². The second-order valence-electron chi connectivity index (χ2n) is 12.3. The van der Waals surface area contributed by atoms with Crippen molar-refractivity contribution >= 4 is 36.5 Å². The molecule has 8 N–H and O–H groups in total. The van der Waals surface area contributed by atoms with Crippen LogP contribution in [0.3, 0.4) is 0 Å². The standard InChI is InChI=1S/C30H38N9O12P/c1-37(2)25-21-26(33-13-32-25)39(14-34-21)28-22(42)20(36-27(44)16(41)10-15-6-4-3-5-7-15)18(50-28)12-48-52(46,47)51-24-17(11-40)49-29(23(24)43)38-9-8-19(31)35-30(38)45/h3-9,13-14,16-18,20,22-24,28-29,40-43H,10-12H2,1-2H3,(H,36,44)(H,46,47)(H2,31,35,45)/t16-,17+,18+,20+,22+,23+,24+,28+,29+/m0/s1/i41+2. The molecule has 21 nitrogen and oxygen atoms in total. The molecule has 5 heterocycles.